The highest BCUT2D eigenvalue weighted by atomic mass is 19.4. The van der Waals surface area contributed by atoms with E-state index in [2.05, 4.69) is 9.47 Å². The third kappa shape index (κ3) is 2.44. The molecule has 0 saturated carbocycles. The van der Waals surface area contributed by atoms with Gasteiger partial charge in [0.25, 0.3) is 0 Å². The lowest BCUT2D eigenvalue weighted by atomic mass is 9.79. The maximum absolute atomic E-state index is 13.6. The molecule has 0 bridgehead atoms. The Balaban J connectivity index is 2.56. The van der Waals surface area contributed by atoms with Gasteiger partial charge >= 0.3 is 6.18 Å². The van der Waals surface area contributed by atoms with E-state index in [0.29, 0.717) is 19.1 Å². The van der Waals surface area contributed by atoms with Crippen LogP contribution in [0, 0.1) is 17.6 Å². The Morgan fingerprint density at radius 3 is 2.41 bits per heavy atom. The van der Waals surface area contributed by atoms with Crippen molar-refractivity contribution in [1.29, 1.82) is 0 Å². The van der Waals surface area contributed by atoms with Crippen LogP contribution in [0.2, 0.25) is 0 Å². The van der Waals surface area contributed by atoms with E-state index in [4.69, 9.17) is 4.11 Å². The maximum Gasteiger partial charge on any atom is 0.417 e. The van der Waals surface area contributed by atoms with Crippen molar-refractivity contribution in [3.05, 3.63) is 29.3 Å². The van der Waals surface area contributed by atoms with Crippen molar-refractivity contribution in [2.24, 2.45) is 5.92 Å². The molecule has 0 spiro atoms. The van der Waals surface area contributed by atoms with Gasteiger partial charge in [0.1, 0.15) is 5.75 Å². The van der Waals surface area contributed by atoms with Crippen molar-refractivity contribution in [2.75, 3.05) is 7.04 Å². The monoisotopic (exact) mass is 329 g/mol. The fourth-order valence-corrected chi connectivity index (χ4v) is 2.66. The molecule has 0 aromatic heterocycles. The van der Waals surface area contributed by atoms with Crippen molar-refractivity contribution in [3.63, 3.8) is 0 Å². The van der Waals surface area contributed by atoms with E-state index in [-0.39, 0.29) is 0 Å². The van der Waals surface area contributed by atoms with E-state index in [0.717, 1.165) is 6.92 Å². The quantitative estimate of drug-likeness (QED) is 0.846. The molecule has 2 rings (SSSR count). The van der Waals surface area contributed by atoms with Gasteiger partial charge in [-0.1, -0.05) is 6.92 Å². The number of halogens is 5. The highest BCUT2D eigenvalue weighted by molar-refractivity contribution is 5.39. The van der Waals surface area contributed by atoms with Crippen LogP contribution in [0.25, 0.3) is 0 Å². The summed E-state index contributed by atoms with van der Waals surface area (Å²) < 4.78 is 97.3. The molecule has 0 radical (unpaired) electrons. The van der Waals surface area contributed by atoms with E-state index in [1.807, 2.05) is 0 Å². The lowest BCUT2D eigenvalue weighted by Gasteiger charge is -2.31. The molecule has 3 nitrogen and oxygen atoms in total. The van der Waals surface area contributed by atoms with Crippen molar-refractivity contribution >= 4 is 0 Å². The van der Waals surface area contributed by atoms with Gasteiger partial charge in [-0.05, 0) is 13.0 Å². The van der Waals surface area contributed by atoms with Gasteiger partial charge in [0.15, 0.2) is 23.5 Å². The van der Waals surface area contributed by atoms with Gasteiger partial charge in [-0.25, -0.2) is 8.78 Å². The van der Waals surface area contributed by atoms with Gasteiger partial charge in [-0.15, -0.1) is 0 Å². The molecule has 0 unspecified atom stereocenters. The van der Waals surface area contributed by atoms with Gasteiger partial charge in [0.2, 0.25) is 0 Å². The molecule has 0 amide bonds. The second kappa shape index (κ2) is 5.34. The Hall–Kier alpha value is -1.41. The predicted octanol–water partition coefficient (Wildman–Crippen LogP) is 3.36. The highest BCUT2D eigenvalue weighted by Gasteiger charge is 2.64. The molecule has 1 aliphatic heterocycles. The molecule has 22 heavy (non-hydrogen) atoms. The lowest BCUT2D eigenvalue weighted by Crippen LogP contribution is -2.46. The van der Waals surface area contributed by atoms with Crippen molar-refractivity contribution in [2.45, 2.75) is 37.8 Å². The van der Waals surface area contributed by atoms with Crippen molar-refractivity contribution in [1.82, 2.24) is 0 Å². The van der Waals surface area contributed by atoms with Gasteiger partial charge in [-0.2, -0.15) is 13.2 Å². The molecule has 1 aliphatic rings. The Bertz CT molecular complexity index is 664. The zero-order chi connectivity index (χ0) is 19.4. The van der Waals surface area contributed by atoms with Gasteiger partial charge < -0.3 is 14.6 Å². The number of rotatable bonds is 2. The summed E-state index contributed by atoms with van der Waals surface area (Å²) >= 11 is 0. The van der Waals surface area contributed by atoms with Crippen LogP contribution in [0.4, 0.5) is 22.0 Å². The first kappa shape index (κ1) is 13.1. The Labute approximate surface area is 127 Å². The van der Waals surface area contributed by atoms with E-state index in [1.54, 1.807) is 0 Å². The van der Waals surface area contributed by atoms with Crippen LogP contribution >= 0.6 is 0 Å². The zero-order valence-electron chi connectivity index (χ0n) is 14.5. The second-order valence-electron chi connectivity index (χ2n) is 5.33. The SMILES string of the molecule is [2H]C([2H])([2H])Oc1cc(F)c(F)cc1[C@H]1[C@H](O)O[C@@](C)(C(F)(F)F)[C@H]1C. The molecule has 4 atom stereocenters. The largest absolute Gasteiger partial charge is 0.496 e. The summed E-state index contributed by atoms with van der Waals surface area (Å²) in [5.41, 5.74) is -3.19. The van der Waals surface area contributed by atoms with Crippen LogP contribution in [-0.2, 0) is 4.74 Å². The fourth-order valence-electron chi connectivity index (χ4n) is 2.66. The molecule has 1 fully saturated rings. The van der Waals surface area contributed by atoms with E-state index < -0.39 is 59.9 Å². The van der Waals surface area contributed by atoms with Gasteiger partial charge in [0, 0.05) is 23.5 Å². The summed E-state index contributed by atoms with van der Waals surface area (Å²) in [4.78, 5) is 0. The second-order valence-corrected chi connectivity index (χ2v) is 5.33. The summed E-state index contributed by atoms with van der Waals surface area (Å²) in [7, 11) is -3.06. The van der Waals surface area contributed by atoms with Crippen LogP contribution in [0.15, 0.2) is 12.1 Å². The summed E-state index contributed by atoms with van der Waals surface area (Å²) in [6.45, 7) is 1.82. The molecular weight excluding hydrogens is 311 g/mol. The van der Waals surface area contributed by atoms with Crippen molar-refractivity contribution < 1.29 is 40.6 Å². The van der Waals surface area contributed by atoms with Crippen LogP contribution in [0.3, 0.4) is 0 Å². The summed E-state index contributed by atoms with van der Waals surface area (Å²) in [5, 5.41) is 9.96. The third-order valence-corrected chi connectivity index (χ3v) is 4.17. The Morgan fingerprint density at radius 1 is 1.32 bits per heavy atom. The standard InChI is InChI=1S/C14H15F5O3/c1-6-11(12(20)22-13(6,2)14(17,18)19)7-4-8(15)9(16)5-10(7)21-3/h4-6,11-12,20H,1-3H3/t6-,11-,12+,13+/m0/s1/i3D3. The van der Waals surface area contributed by atoms with E-state index in [9.17, 15) is 27.1 Å². The zero-order valence-corrected chi connectivity index (χ0v) is 11.5. The molecule has 1 aromatic carbocycles. The predicted molar refractivity (Wildman–Crippen MR) is 66.4 cm³/mol. The Kier molecular flexibility index (Phi) is 3.17. The minimum Gasteiger partial charge on any atom is -0.496 e. The van der Waals surface area contributed by atoms with Gasteiger partial charge in [0.05, 0.1) is 11.2 Å². The number of methoxy groups -OCH3 is 1. The third-order valence-electron chi connectivity index (χ3n) is 4.17. The normalized spacial score (nSPS) is 34.9. The average molecular weight is 329 g/mol. The molecule has 1 saturated heterocycles. The molecule has 1 aromatic rings. The first-order valence-corrected chi connectivity index (χ1v) is 6.28. The first-order chi connectivity index (χ1) is 11.2. The number of aliphatic hydroxyl groups is 1. The fraction of sp³-hybridized carbons (Fsp3) is 0.571. The number of aliphatic hydroxyl groups excluding tert-OH is 1. The number of ether oxygens (including phenoxy) is 2. The maximum atomic E-state index is 13.6. The highest BCUT2D eigenvalue weighted by Crippen LogP contribution is 2.53. The van der Waals surface area contributed by atoms with Crippen LogP contribution in [0.5, 0.6) is 5.75 Å². The Morgan fingerprint density at radius 2 is 1.91 bits per heavy atom. The molecule has 0 aliphatic carbocycles. The number of hydrogen-bond acceptors (Lipinski definition) is 3. The molecule has 1 N–H and O–H groups in total. The number of alkyl halides is 3. The van der Waals surface area contributed by atoms with Gasteiger partial charge in [-0.3, -0.25) is 0 Å². The smallest absolute Gasteiger partial charge is 0.417 e. The summed E-state index contributed by atoms with van der Waals surface area (Å²) in [6, 6.07) is 0.923. The minimum absolute atomic E-state index is 0.416. The average Bonchev–Trinajstić information content (AvgIpc) is 2.63. The van der Waals surface area contributed by atoms with E-state index >= 15 is 0 Å². The van der Waals surface area contributed by atoms with E-state index in [1.165, 1.54) is 0 Å². The minimum atomic E-state index is -4.86. The topological polar surface area (TPSA) is 38.7 Å². The molecule has 124 valence electrons. The number of hydrogen-bond donors (Lipinski definition) is 1. The lowest BCUT2D eigenvalue weighted by molar-refractivity contribution is -0.291. The molecular formula is C14H15F5O3. The van der Waals surface area contributed by atoms with Crippen LogP contribution < -0.4 is 4.74 Å². The number of benzene rings is 1. The summed E-state index contributed by atoms with van der Waals surface area (Å²) in [5.74, 6) is -6.48. The molecule has 8 heteroatoms. The van der Waals surface area contributed by atoms with Crippen molar-refractivity contribution in [3.8, 4) is 5.75 Å². The molecule has 1 heterocycles. The van der Waals surface area contributed by atoms with Crippen LogP contribution in [0.1, 0.15) is 29.4 Å². The van der Waals surface area contributed by atoms with Crippen LogP contribution in [-0.4, -0.2) is 30.2 Å². The summed E-state index contributed by atoms with van der Waals surface area (Å²) in [6.07, 6.45) is -6.88. The first-order valence-electron chi connectivity index (χ1n) is 7.78.